The molecule has 1 N–H and O–H groups in total. The first-order valence-corrected chi connectivity index (χ1v) is 10.9. The molecule has 0 bridgehead atoms. The van der Waals surface area contributed by atoms with Crippen LogP contribution in [0.5, 0.6) is 5.75 Å². The summed E-state index contributed by atoms with van der Waals surface area (Å²) >= 11 is 6.18. The fourth-order valence-corrected chi connectivity index (χ4v) is 4.04. The number of aliphatic hydroxyl groups excluding tert-OH is 1. The van der Waals surface area contributed by atoms with Crippen molar-refractivity contribution in [3.8, 4) is 5.75 Å². The van der Waals surface area contributed by atoms with Crippen molar-refractivity contribution < 1.29 is 19.4 Å². The highest BCUT2D eigenvalue weighted by atomic mass is 35.5. The van der Waals surface area contributed by atoms with Gasteiger partial charge in [0.25, 0.3) is 11.7 Å². The molecule has 1 fully saturated rings. The molecule has 1 saturated heterocycles. The van der Waals surface area contributed by atoms with Gasteiger partial charge in [0.15, 0.2) is 0 Å². The van der Waals surface area contributed by atoms with Crippen molar-refractivity contribution in [2.24, 2.45) is 0 Å². The summed E-state index contributed by atoms with van der Waals surface area (Å²) in [7, 11) is 0. The van der Waals surface area contributed by atoms with E-state index in [0.29, 0.717) is 34.3 Å². The van der Waals surface area contributed by atoms with Gasteiger partial charge in [0.05, 0.1) is 22.9 Å². The van der Waals surface area contributed by atoms with Crippen molar-refractivity contribution in [1.82, 2.24) is 4.98 Å². The Morgan fingerprint density at radius 3 is 2.55 bits per heavy atom. The molecule has 2 heterocycles. The van der Waals surface area contributed by atoms with E-state index < -0.39 is 17.7 Å². The van der Waals surface area contributed by atoms with Crippen LogP contribution in [0.15, 0.2) is 66.4 Å². The summed E-state index contributed by atoms with van der Waals surface area (Å²) in [5.41, 5.74) is 3.35. The maximum Gasteiger partial charge on any atom is 0.300 e. The number of anilines is 1. The van der Waals surface area contributed by atoms with Gasteiger partial charge in [0, 0.05) is 17.4 Å². The lowest BCUT2D eigenvalue weighted by molar-refractivity contribution is -0.132. The number of pyridine rings is 1. The van der Waals surface area contributed by atoms with E-state index in [9.17, 15) is 14.7 Å². The molecule has 1 aliphatic heterocycles. The van der Waals surface area contributed by atoms with Crippen molar-refractivity contribution in [3.05, 3.63) is 93.8 Å². The molecule has 1 unspecified atom stereocenters. The normalized spacial score (nSPS) is 17.5. The van der Waals surface area contributed by atoms with Crippen LogP contribution in [0.4, 0.5) is 5.69 Å². The molecule has 33 heavy (non-hydrogen) atoms. The maximum absolute atomic E-state index is 13.2. The molecule has 7 heteroatoms. The summed E-state index contributed by atoms with van der Waals surface area (Å²) in [6.07, 6.45) is 1.59. The van der Waals surface area contributed by atoms with Gasteiger partial charge in [-0.25, -0.2) is 0 Å². The number of hydrogen-bond donors (Lipinski definition) is 1. The van der Waals surface area contributed by atoms with E-state index in [1.165, 1.54) is 4.90 Å². The third-order valence-corrected chi connectivity index (χ3v) is 6.00. The fourth-order valence-electron chi connectivity index (χ4n) is 3.86. The highest BCUT2D eigenvalue weighted by molar-refractivity contribution is 6.51. The number of Topliss-reactive ketones (excluding diaryl/α,β-unsaturated/α-hetero) is 1. The first-order chi connectivity index (χ1) is 15.8. The number of carbonyl (C=O) groups excluding carboxylic acids is 2. The average Bonchev–Trinajstić information content (AvgIpc) is 3.08. The number of carbonyl (C=O) groups is 2. The molecule has 168 valence electrons. The highest BCUT2D eigenvalue weighted by Crippen LogP contribution is 2.42. The Bertz CT molecular complexity index is 1270. The van der Waals surface area contributed by atoms with Crippen LogP contribution >= 0.6 is 11.6 Å². The summed E-state index contributed by atoms with van der Waals surface area (Å²) in [6.45, 7) is 6.11. The number of nitrogens with zero attached hydrogens (tertiary/aromatic N) is 2. The van der Waals surface area contributed by atoms with Gasteiger partial charge >= 0.3 is 0 Å². The molecule has 1 aliphatic rings. The van der Waals surface area contributed by atoms with Crippen LogP contribution in [0.3, 0.4) is 0 Å². The molecule has 0 spiro atoms. The minimum Gasteiger partial charge on any atom is -0.507 e. The smallest absolute Gasteiger partial charge is 0.300 e. The molecule has 3 aromatic rings. The Hall–Kier alpha value is -3.64. The number of aryl methyl sites for hydroxylation is 2. The predicted molar refractivity (Wildman–Crippen MR) is 128 cm³/mol. The minimum atomic E-state index is -0.889. The van der Waals surface area contributed by atoms with E-state index in [1.54, 1.807) is 48.7 Å². The second-order valence-electron chi connectivity index (χ2n) is 7.77. The summed E-state index contributed by atoms with van der Waals surface area (Å²) < 4.78 is 5.52. The Morgan fingerprint density at radius 2 is 1.88 bits per heavy atom. The van der Waals surface area contributed by atoms with Crippen LogP contribution in [-0.2, 0) is 9.59 Å². The lowest BCUT2D eigenvalue weighted by Crippen LogP contribution is -2.29. The zero-order chi connectivity index (χ0) is 23.7. The predicted octanol–water partition coefficient (Wildman–Crippen LogP) is 5.38. The van der Waals surface area contributed by atoms with Crippen LogP contribution < -0.4 is 9.64 Å². The summed E-state index contributed by atoms with van der Waals surface area (Å²) in [5, 5.41) is 11.6. The van der Waals surface area contributed by atoms with Gasteiger partial charge in [-0.15, -0.1) is 0 Å². The number of hydrogen-bond acceptors (Lipinski definition) is 5. The van der Waals surface area contributed by atoms with Gasteiger partial charge in [-0.3, -0.25) is 19.5 Å². The molecule has 0 radical (unpaired) electrons. The number of ether oxygens (including phenoxy) is 1. The topological polar surface area (TPSA) is 79.7 Å². The van der Waals surface area contributed by atoms with Crippen molar-refractivity contribution >= 4 is 34.7 Å². The quantitative estimate of drug-likeness (QED) is 0.313. The monoisotopic (exact) mass is 462 g/mol. The van der Waals surface area contributed by atoms with Crippen LogP contribution in [0, 0.1) is 13.8 Å². The van der Waals surface area contributed by atoms with E-state index in [1.807, 2.05) is 32.9 Å². The Morgan fingerprint density at radius 1 is 1.09 bits per heavy atom. The molecular weight excluding hydrogens is 440 g/mol. The van der Waals surface area contributed by atoms with Crippen LogP contribution in [0.1, 0.15) is 35.3 Å². The largest absolute Gasteiger partial charge is 0.507 e. The third kappa shape index (κ3) is 4.10. The van der Waals surface area contributed by atoms with E-state index in [2.05, 4.69) is 4.98 Å². The van der Waals surface area contributed by atoms with Gasteiger partial charge in [-0.1, -0.05) is 23.7 Å². The second-order valence-corrected chi connectivity index (χ2v) is 8.18. The zero-order valence-electron chi connectivity index (χ0n) is 18.5. The van der Waals surface area contributed by atoms with E-state index in [4.69, 9.17) is 16.3 Å². The number of ketones is 1. The molecule has 0 saturated carbocycles. The summed E-state index contributed by atoms with van der Waals surface area (Å²) in [5.74, 6) is -1.45. The summed E-state index contributed by atoms with van der Waals surface area (Å²) in [4.78, 5) is 32.2. The van der Waals surface area contributed by atoms with Gasteiger partial charge < -0.3 is 9.84 Å². The third-order valence-electron chi connectivity index (χ3n) is 5.69. The van der Waals surface area contributed by atoms with Crippen molar-refractivity contribution in [3.63, 3.8) is 0 Å². The molecule has 1 atom stereocenters. The SMILES string of the molecule is CCOc1cc(/C(O)=C2\C(=O)C(=O)N(c3ccc(C)c(C)c3)C2c2ccccn2)ccc1Cl. The van der Waals surface area contributed by atoms with Crippen LogP contribution in [0.25, 0.3) is 5.76 Å². The number of aromatic nitrogens is 1. The molecule has 1 amide bonds. The van der Waals surface area contributed by atoms with Gasteiger partial charge in [-0.05, 0) is 74.4 Å². The lowest BCUT2D eigenvalue weighted by atomic mass is 9.98. The number of rotatable bonds is 5. The number of aliphatic hydroxyl groups is 1. The molecular formula is C26H23ClN2O4. The molecule has 2 aromatic carbocycles. The van der Waals surface area contributed by atoms with Gasteiger partial charge in [0.1, 0.15) is 17.6 Å². The maximum atomic E-state index is 13.2. The fraction of sp³-hybridized carbons (Fsp3) is 0.192. The van der Waals surface area contributed by atoms with Crippen molar-refractivity contribution in [2.75, 3.05) is 11.5 Å². The molecule has 1 aromatic heterocycles. The van der Waals surface area contributed by atoms with Gasteiger partial charge in [-0.2, -0.15) is 0 Å². The second kappa shape index (κ2) is 9.08. The van der Waals surface area contributed by atoms with Gasteiger partial charge in [0.2, 0.25) is 0 Å². The Kier molecular flexibility index (Phi) is 6.20. The van der Waals surface area contributed by atoms with E-state index >= 15 is 0 Å². The van der Waals surface area contributed by atoms with E-state index in [0.717, 1.165) is 11.1 Å². The Balaban J connectivity index is 1.93. The number of amides is 1. The highest BCUT2D eigenvalue weighted by Gasteiger charge is 2.47. The number of halogens is 1. The number of benzene rings is 2. The standard InChI is InChI=1S/C26H23ClN2O4/c1-4-33-21-14-17(9-11-19(21)27)24(30)22-23(20-7-5-6-12-28-20)29(26(32)25(22)31)18-10-8-15(2)16(3)13-18/h5-14,23,30H,4H2,1-3H3/b24-22+. The summed E-state index contributed by atoms with van der Waals surface area (Å²) in [6, 6.07) is 14.6. The van der Waals surface area contributed by atoms with Crippen LogP contribution in [-0.4, -0.2) is 28.4 Å². The zero-order valence-corrected chi connectivity index (χ0v) is 19.3. The van der Waals surface area contributed by atoms with Crippen LogP contribution in [0.2, 0.25) is 5.02 Å². The first-order valence-electron chi connectivity index (χ1n) is 10.6. The molecule has 0 aliphatic carbocycles. The average molecular weight is 463 g/mol. The molecule has 4 rings (SSSR count). The molecule has 6 nitrogen and oxygen atoms in total. The minimum absolute atomic E-state index is 0.0401. The first kappa shape index (κ1) is 22.6. The van der Waals surface area contributed by atoms with Crippen molar-refractivity contribution in [1.29, 1.82) is 0 Å². The lowest BCUT2D eigenvalue weighted by Gasteiger charge is -2.25. The Labute approximate surface area is 197 Å². The van der Waals surface area contributed by atoms with Crippen molar-refractivity contribution in [2.45, 2.75) is 26.8 Å². The van der Waals surface area contributed by atoms with E-state index in [-0.39, 0.29) is 11.3 Å².